The lowest BCUT2D eigenvalue weighted by atomic mass is 10.1. The van der Waals surface area contributed by atoms with Crippen molar-refractivity contribution in [3.63, 3.8) is 0 Å². The van der Waals surface area contributed by atoms with Gasteiger partial charge in [-0.05, 0) is 23.6 Å². The first-order valence-electron chi connectivity index (χ1n) is 5.08. The molecule has 6 N–H and O–H groups in total. The third-order valence-electron chi connectivity index (χ3n) is 2.70. The predicted octanol–water partition coefficient (Wildman–Crippen LogP) is 0.498. The van der Waals surface area contributed by atoms with E-state index in [1.165, 1.54) is 12.1 Å². The van der Waals surface area contributed by atoms with E-state index in [1.54, 1.807) is 0 Å². The van der Waals surface area contributed by atoms with E-state index < -0.39 is 30.0 Å². The van der Waals surface area contributed by atoms with Gasteiger partial charge in [0, 0.05) is 5.39 Å². The first-order valence-corrected chi connectivity index (χ1v) is 7.96. The van der Waals surface area contributed by atoms with E-state index in [0.29, 0.717) is 6.07 Å². The molecule has 0 radical (unpaired) electrons. The Morgan fingerprint density at radius 1 is 0.900 bits per heavy atom. The Hall–Kier alpha value is -1.88. The van der Waals surface area contributed by atoms with Gasteiger partial charge in [-0.2, -0.15) is 16.8 Å². The van der Waals surface area contributed by atoms with Crippen LogP contribution in [-0.2, 0) is 20.2 Å². The molecule has 2 aromatic carbocycles. The topological polar surface area (TPSA) is 161 Å². The normalized spacial score (nSPS) is 12.7. The molecule has 0 bridgehead atoms. The SMILES string of the molecule is Nc1ccc2cc(S(=O)(=O)O)cc(S(=O)(=O)O)c2c1N. The van der Waals surface area contributed by atoms with Gasteiger partial charge in [-0.1, -0.05) is 6.07 Å². The second-order valence-corrected chi connectivity index (χ2v) is 6.85. The maximum Gasteiger partial charge on any atom is 0.295 e. The van der Waals surface area contributed by atoms with Crippen LogP contribution in [0.1, 0.15) is 0 Å². The van der Waals surface area contributed by atoms with Gasteiger partial charge in [0.2, 0.25) is 0 Å². The summed E-state index contributed by atoms with van der Waals surface area (Å²) in [6.45, 7) is 0. The van der Waals surface area contributed by atoms with E-state index in [9.17, 15) is 21.4 Å². The molecule has 2 aromatic rings. The quantitative estimate of drug-likeness (QED) is 0.459. The molecule has 108 valence electrons. The lowest BCUT2D eigenvalue weighted by Crippen LogP contribution is -2.06. The Balaban J connectivity index is 3.10. The maximum atomic E-state index is 11.4. The Kier molecular flexibility index (Phi) is 3.13. The van der Waals surface area contributed by atoms with E-state index in [4.69, 9.17) is 16.0 Å². The molecule has 2 rings (SSSR count). The number of nitrogens with two attached hydrogens (primary N) is 2. The fourth-order valence-electron chi connectivity index (χ4n) is 1.80. The summed E-state index contributed by atoms with van der Waals surface area (Å²) < 4.78 is 63.2. The van der Waals surface area contributed by atoms with Crippen molar-refractivity contribution in [2.45, 2.75) is 9.79 Å². The van der Waals surface area contributed by atoms with Crippen molar-refractivity contribution in [2.24, 2.45) is 0 Å². The van der Waals surface area contributed by atoms with Gasteiger partial charge in [-0.15, -0.1) is 0 Å². The third-order valence-corrected chi connectivity index (χ3v) is 4.41. The Bertz CT molecular complexity index is 918. The number of anilines is 2. The lowest BCUT2D eigenvalue weighted by Gasteiger charge is -2.10. The van der Waals surface area contributed by atoms with Crippen molar-refractivity contribution in [1.29, 1.82) is 0 Å². The standard InChI is InChI=1S/C10H10N2O6S2/c11-7-2-1-5-3-6(19(13,14)15)4-8(20(16,17)18)9(5)10(7)12/h1-4H,11-12H2,(H,13,14,15)(H,16,17,18). The van der Waals surface area contributed by atoms with Crippen LogP contribution >= 0.6 is 0 Å². The van der Waals surface area contributed by atoms with Crippen molar-refractivity contribution >= 4 is 42.4 Å². The first kappa shape index (κ1) is 14.5. The number of rotatable bonds is 2. The van der Waals surface area contributed by atoms with Crippen molar-refractivity contribution < 1.29 is 25.9 Å². The summed E-state index contributed by atoms with van der Waals surface area (Å²) in [5.41, 5.74) is 11.2. The fourth-order valence-corrected chi connectivity index (χ4v) is 3.18. The summed E-state index contributed by atoms with van der Waals surface area (Å²) in [4.78, 5) is -1.42. The molecule has 0 aliphatic rings. The first-order chi connectivity index (χ1) is 9.01. The smallest absolute Gasteiger partial charge is 0.295 e. The molecule has 0 aromatic heterocycles. The molecule has 20 heavy (non-hydrogen) atoms. The third kappa shape index (κ3) is 2.41. The second-order valence-electron chi connectivity index (χ2n) is 4.04. The molecule has 10 heteroatoms. The highest BCUT2D eigenvalue weighted by molar-refractivity contribution is 7.86. The molecule has 0 unspecified atom stereocenters. The van der Waals surface area contributed by atoms with E-state index in [-0.39, 0.29) is 22.1 Å². The number of fused-ring (bicyclic) bond motifs is 1. The van der Waals surface area contributed by atoms with E-state index in [2.05, 4.69) is 0 Å². The second kappa shape index (κ2) is 4.31. The zero-order valence-corrected chi connectivity index (χ0v) is 11.4. The van der Waals surface area contributed by atoms with Gasteiger partial charge in [0.05, 0.1) is 16.3 Å². The molecule has 0 fully saturated rings. The Labute approximate surface area is 114 Å². The van der Waals surface area contributed by atoms with Gasteiger partial charge in [0.25, 0.3) is 20.2 Å². The van der Waals surface area contributed by atoms with Crippen LogP contribution in [0.25, 0.3) is 10.8 Å². The average molecular weight is 318 g/mol. The van der Waals surface area contributed by atoms with Gasteiger partial charge in [-0.3, -0.25) is 9.11 Å². The molecular formula is C10H10N2O6S2. The van der Waals surface area contributed by atoms with Crippen LogP contribution in [0.2, 0.25) is 0 Å². The van der Waals surface area contributed by atoms with Crippen LogP contribution in [0.3, 0.4) is 0 Å². The van der Waals surface area contributed by atoms with Crippen LogP contribution in [0.4, 0.5) is 11.4 Å². The number of hydrogen-bond donors (Lipinski definition) is 4. The number of hydrogen-bond acceptors (Lipinski definition) is 6. The Morgan fingerprint density at radius 2 is 1.50 bits per heavy atom. The Morgan fingerprint density at radius 3 is 2.00 bits per heavy atom. The van der Waals surface area contributed by atoms with Crippen molar-refractivity contribution in [1.82, 2.24) is 0 Å². The molecule has 0 amide bonds. The summed E-state index contributed by atoms with van der Waals surface area (Å²) in [5, 5.41) is -0.0145. The minimum atomic E-state index is -4.76. The van der Waals surface area contributed by atoms with Crippen molar-refractivity contribution in [3.8, 4) is 0 Å². The summed E-state index contributed by atoms with van der Waals surface area (Å²) in [6.07, 6.45) is 0. The van der Waals surface area contributed by atoms with Crippen LogP contribution in [0, 0.1) is 0 Å². The van der Waals surface area contributed by atoms with Crippen LogP contribution in [0.15, 0.2) is 34.1 Å². The molecule has 0 saturated heterocycles. The number of benzene rings is 2. The number of nitrogen functional groups attached to an aromatic ring is 2. The van der Waals surface area contributed by atoms with Gasteiger partial charge < -0.3 is 11.5 Å². The highest BCUT2D eigenvalue weighted by Gasteiger charge is 2.22. The van der Waals surface area contributed by atoms with Crippen LogP contribution in [0.5, 0.6) is 0 Å². The zero-order chi connectivity index (χ0) is 15.3. The lowest BCUT2D eigenvalue weighted by molar-refractivity contribution is 0.482. The van der Waals surface area contributed by atoms with Crippen LogP contribution < -0.4 is 11.5 Å². The van der Waals surface area contributed by atoms with E-state index in [0.717, 1.165) is 6.07 Å². The van der Waals surface area contributed by atoms with Gasteiger partial charge in [0.1, 0.15) is 4.90 Å². The van der Waals surface area contributed by atoms with Crippen molar-refractivity contribution in [3.05, 3.63) is 24.3 Å². The molecule has 0 atom stereocenters. The van der Waals surface area contributed by atoms with Gasteiger partial charge >= 0.3 is 0 Å². The van der Waals surface area contributed by atoms with Gasteiger partial charge in [0.15, 0.2) is 0 Å². The minimum Gasteiger partial charge on any atom is -0.397 e. The molecule has 0 aliphatic heterocycles. The minimum absolute atomic E-state index is 0.0713. The molecular weight excluding hydrogens is 308 g/mol. The molecule has 0 heterocycles. The van der Waals surface area contributed by atoms with Gasteiger partial charge in [-0.25, -0.2) is 0 Å². The highest BCUT2D eigenvalue weighted by atomic mass is 32.2. The monoisotopic (exact) mass is 318 g/mol. The van der Waals surface area contributed by atoms with Crippen molar-refractivity contribution in [2.75, 3.05) is 11.5 Å². The molecule has 8 nitrogen and oxygen atoms in total. The highest BCUT2D eigenvalue weighted by Crippen LogP contribution is 2.34. The van der Waals surface area contributed by atoms with Crippen LogP contribution in [-0.4, -0.2) is 25.9 Å². The molecule has 0 spiro atoms. The van der Waals surface area contributed by atoms with E-state index >= 15 is 0 Å². The fraction of sp³-hybridized carbons (Fsp3) is 0. The van der Waals surface area contributed by atoms with E-state index in [1.807, 2.05) is 0 Å². The summed E-state index contributed by atoms with van der Waals surface area (Å²) >= 11 is 0. The predicted molar refractivity (Wildman–Crippen MR) is 72.4 cm³/mol. The maximum absolute atomic E-state index is 11.4. The molecule has 0 aliphatic carbocycles. The summed E-state index contributed by atoms with van der Waals surface area (Å²) in [7, 11) is -9.41. The largest absolute Gasteiger partial charge is 0.397 e. The zero-order valence-electron chi connectivity index (χ0n) is 9.81. The average Bonchev–Trinajstić information content (AvgIpc) is 2.30. The summed E-state index contributed by atoms with van der Waals surface area (Å²) in [5.74, 6) is 0. The molecule has 0 saturated carbocycles. The summed E-state index contributed by atoms with van der Waals surface area (Å²) in [6, 6.07) is 4.31.